The molecule has 12 heteroatoms. The lowest BCUT2D eigenvalue weighted by Crippen LogP contribution is -2.17. The summed E-state index contributed by atoms with van der Waals surface area (Å²) in [6.07, 6.45) is 0. The second kappa shape index (κ2) is 9.52. The first-order chi connectivity index (χ1) is 12.0. The van der Waals surface area contributed by atoms with Gasteiger partial charge in [0, 0.05) is 21.1 Å². The van der Waals surface area contributed by atoms with Crippen LogP contribution >= 0.6 is 45.2 Å². The molecule has 0 amide bonds. The number of aryl methyl sites for hydroxylation is 1. The smallest absolute Gasteiger partial charge is 0.381 e. The van der Waals surface area contributed by atoms with E-state index >= 15 is 0 Å². The summed E-state index contributed by atoms with van der Waals surface area (Å²) < 4.78 is 26.6. The second-order valence-electron chi connectivity index (χ2n) is 4.59. The standard InChI is InChI=1S/C7H5Cl3O2S.C7H8N2O3S/c1-4-2-5(8)3-6(9)7(4)13(10,11)12;1-2-12-6(11)5(10)4-3-13-7(8)9-4/h2-3H,1H3;3H,2H2,1H3,(H2,8,9). The van der Waals surface area contributed by atoms with Crippen molar-refractivity contribution in [3.05, 3.63) is 38.8 Å². The Morgan fingerprint density at radius 1 is 1.31 bits per heavy atom. The van der Waals surface area contributed by atoms with E-state index in [1.165, 1.54) is 17.5 Å². The fourth-order valence-corrected chi connectivity index (χ4v) is 4.60. The fourth-order valence-electron chi connectivity index (χ4n) is 1.69. The molecule has 0 aliphatic heterocycles. The van der Waals surface area contributed by atoms with Gasteiger partial charge in [0.1, 0.15) is 10.6 Å². The van der Waals surface area contributed by atoms with Gasteiger partial charge in [-0.15, -0.1) is 11.3 Å². The van der Waals surface area contributed by atoms with Crippen LogP contribution in [-0.4, -0.2) is 31.8 Å². The molecule has 0 fully saturated rings. The molecule has 0 radical (unpaired) electrons. The van der Waals surface area contributed by atoms with Gasteiger partial charge in [0.2, 0.25) is 0 Å². The van der Waals surface area contributed by atoms with E-state index in [1.807, 2.05) is 0 Å². The van der Waals surface area contributed by atoms with Gasteiger partial charge in [-0.2, -0.15) is 0 Å². The molecule has 0 atom stereocenters. The predicted octanol–water partition coefficient (Wildman–Crippen LogP) is 3.70. The lowest BCUT2D eigenvalue weighted by molar-refractivity contribution is -0.137. The van der Waals surface area contributed by atoms with E-state index < -0.39 is 20.8 Å². The minimum atomic E-state index is -3.80. The van der Waals surface area contributed by atoms with Gasteiger partial charge in [0.15, 0.2) is 5.13 Å². The Morgan fingerprint density at radius 2 is 1.92 bits per heavy atom. The highest BCUT2D eigenvalue weighted by atomic mass is 35.7. The van der Waals surface area contributed by atoms with Crippen LogP contribution in [0.5, 0.6) is 0 Å². The van der Waals surface area contributed by atoms with Gasteiger partial charge in [0.25, 0.3) is 14.8 Å². The normalized spacial score (nSPS) is 10.7. The average Bonchev–Trinajstić information content (AvgIpc) is 2.91. The zero-order valence-electron chi connectivity index (χ0n) is 13.5. The van der Waals surface area contributed by atoms with Crippen molar-refractivity contribution < 1.29 is 22.7 Å². The highest BCUT2D eigenvalue weighted by Gasteiger charge is 2.20. The molecule has 26 heavy (non-hydrogen) atoms. The van der Waals surface area contributed by atoms with Crippen molar-refractivity contribution >= 4 is 71.2 Å². The van der Waals surface area contributed by atoms with Crippen molar-refractivity contribution in [3.8, 4) is 0 Å². The summed E-state index contributed by atoms with van der Waals surface area (Å²) >= 11 is 12.4. The van der Waals surface area contributed by atoms with Crippen LogP contribution in [0.2, 0.25) is 10.0 Å². The van der Waals surface area contributed by atoms with Crippen molar-refractivity contribution in [2.45, 2.75) is 18.7 Å². The van der Waals surface area contributed by atoms with Gasteiger partial charge >= 0.3 is 5.97 Å². The zero-order valence-corrected chi connectivity index (χ0v) is 17.4. The number of hydrogen-bond donors (Lipinski definition) is 1. The number of carbonyl (C=O) groups excluding carboxylic acids is 2. The van der Waals surface area contributed by atoms with Gasteiger partial charge in [-0.1, -0.05) is 23.2 Å². The Labute approximate surface area is 168 Å². The molecule has 7 nitrogen and oxygen atoms in total. The molecule has 2 rings (SSSR count). The van der Waals surface area contributed by atoms with Crippen LogP contribution in [0.3, 0.4) is 0 Å². The number of Topliss-reactive ketones (excluding diaryl/α,β-unsaturated/α-hetero) is 1. The summed E-state index contributed by atoms with van der Waals surface area (Å²) in [5.74, 6) is -1.65. The number of thiazole rings is 1. The molecular weight excluding hydrogens is 447 g/mol. The number of hydrogen-bond acceptors (Lipinski definition) is 8. The molecule has 0 aliphatic carbocycles. The van der Waals surface area contributed by atoms with E-state index in [4.69, 9.17) is 39.6 Å². The van der Waals surface area contributed by atoms with Crippen molar-refractivity contribution in [2.75, 3.05) is 12.3 Å². The number of rotatable bonds is 4. The van der Waals surface area contributed by atoms with Gasteiger partial charge in [0.05, 0.1) is 11.6 Å². The maximum absolute atomic E-state index is 11.2. The summed E-state index contributed by atoms with van der Waals surface area (Å²) in [5.41, 5.74) is 5.77. The van der Waals surface area contributed by atoms with Crippen LogP contribution in [0.1, 0.15) is 23.0 Å². The summed E-state index contributed by atoms with van der Waals surface area (Å²) in [5, 5.41) is 2.11. The highest BCUT2D eigenvalue weighted by molar-refractivity contribution is 8.13. The lowest BCUT2D eigenvalue weighted by atomic mass is 10.2. The number of nitrogens with zero attached hydrogens (tertiary/aromatic N) is 1. The first-order valence-electron chi connectivity index (χ1n) is 6.80. The first kappa shape index (κ1) is 22.7. The summed E-state index contributed by atoms with van der Waals surface area (Å²) in [4.78, 5) is 25.6. The Balaban J connectivity index is 0.000000260. The fraction of sp³-hybridized carbons (Fsp3) is 0.214. The number of aromatic nitrogens is 1. The van der Waals surface area contributed by atoms with Crippen LogP contribution in [0.4, 0.5) is 5.13 Å². The molecule has 2 aromatic rings. The molecule has 0 unspecified atom stereocenters. The first-order valence-corrected chi connectivity index (χ1v) is 10.7. The van der Waals surface area contributed by atoms with Crippen molar-refractivity contribution in [1.82, 2.24) is 4.98 Å². The maximum Gasteiger partial charge on any atom is 0.381 e. The molecule has 0 saturated heterocycles. The number of nitrogen functional groups attached to an aromatic ring is 1. The number of ketones is 1. The molecule has 0 bridgehead atoms. The third kappa shape index (κ3) is 6.40. The molecule has 2 N–H and O–H groups in total. The van der Waals surface area contributed by atoms with Crippen LogP contribution in [0.15, 0.2) is 22.4 Å². The van der Waals surface area contributed by atoms with E-state index in [9.17, 15) is 18.0 Å². The van der Waals surface area contributed by atoms with E-state index in [1.54, 1.807) is 13.8 Å². The minimum absolute atomic E-state index is 0.0417. The Bertz CT molecular complexity index is 905. The van der Waals surface area contributed by atoms with Crippen LogP contribution < -0.4 is 5.73 Å². The third-order valence-electron chi connectivity index (χ3n) is 2.65. The minimum Gasteiger partial charge on any atom is -0.460 e. The number of nitrogens with two attached hydrogens (primary N) is 1. The third-order valence-corrected chi connectivity index (χ3v) is 5.45. The SMILES string of the molecule is CCOC(=O)C(=O)c1csc(N)n1.Cc1cc(Cl)cc(Cl)c1S(=O)(=O)Cl. The summed E-state index contributed by atoms with van der Waals surface area (Å²) in [6.45, 7) is 3.37. The number of ether oxygens (including phenoxy) is 1. The van der Waals surface area contributed by atoms with Gasteiger partial charge < -0.3 is 10.5 Å². The van der Waals surface area contributed by atoms with E-state index in [0.29, 0.717) is 10.6 Å². The number of carbonyl (C=O) groups is 2. The second-order valence-corrected chi connectivity index (χ2v) is 8.83. The zero-order chi connectivity index (χ0) is 20.1. The maximum atomic E-state index is 11.2. The van der Waals surface area contributed by atoms with E-state index in [-0.39, 0.29) is 27.4 Å². The molecule has 0 aliphatic rings. The molecule has 1 heterocycles. The molecule has 1 aromatic heterocycles. The Morgan fingerprint density at radius 3 is 2.35 bits per heavy atom. The van der Waals surface area contributed by atoms with Gasteiger partial charge in [-0.05, 0) is 31.5 Å². The number of esters is 1. The Hall–Kier alpha value is -1.39. The lowest BCUT2D eigenvalue weighted by Gasteiger charge is -2.04. The molecule has 1 aromatic carbocycles. The molecule has 0 spiro atoms. The van der Waals surface area contributed by atoms with Gasteiger partial charge in [-0.3, -0.25) is 4.79 Å². The quantitative estimate of drug-likeness (QED) is 0.320. The van der Waals surface area contributed by atoms with Crippen LogP contribution in [-0.2, 0) is 18.6 Å². The predicted molar refractivity (Wildman–Crippen MR) is 102 cm³/mol. The van der Waals surface area contributed by atoms with Crippen LogP contribution in [0.25, 0.3) is 0 Å². The highest BCUT2D eigenvalue weighted by Crippen LogP contribution is 2.30. The molecule has 142 valence electrons. The van der Waals surface area contributed by atoms with Crippen LogP contribution in [0, 0.1) is 6.92 Å². The topological polar surface area (TPSA) is 116 Å². The van der Waals surface area contributed by atoms with E-state index in [0.717, 1.165) is 11.3 Å². The largest absolute Gasteiger partial charge is 0.460 e. The molecular formula is C14H13Cl3N2O5S2. The Kier molecular flexibility index (Phi) is 8.29. The number of anilines is 1. The van der Waals surface area contributed by atoms with Gasteiger partial charge in [-0.25, -0.2) is 18.2 Å². The van der Waals surface area contributed by atoms with Crippen molar-refractivity contribution in [1.29, 1.82) is 0 Å². The summed E-state index contributed by atoms with van der Waals surface area (Å²) in [7, 11) is 1.37. The number of halogens is 3. The monoisotopic (exact) mass is 458 g/mol. The average molecular weight is 460 g/mol. The molecule has 0 saturated carbocycles. The number of benzene rings is 1. The van der Waals surface area contributed by atoms with Crippen molar-refractivity contribution in [3.63, 3.8) is 0 Å². The van der Waals surface area contributed by atoms with Crippen molar-refractivity contribution in [2.24, 2.45) is 0 Å². The van der Waals surface area contributed by atoms with E-state index in [2.05, 4.69) is 9.72 Å². The summed E-state index contributed by atoms with van der Waals surface area (Å²) in [6, 6.07) is 2.83.